The summed E-state index contributed by atoms with van der Waals surface area (Å²) < 4.78 is 5.18. The highest BCUT2D eigenvalue weighted by atomic mass is 35.5. The molecule has 9 heteroatoms. The van der Waals surface area contributed by atoms with Crippen molar-refractivity contribution < 1.29 is 23.9 Å². The summed E-state index contributed by atoms with van der Waals surface area (Å²) in [6, 6.07) is 11.6. The number of carbonyl (C=O) groups excluding carboxylic acids is 4. The van der Waals surface area contributed by atoms with Crippen molar-refractivity contribution in [3.8, 4) is 0 Å². The van der Waals surface area contributed by atoms with Crippen LogP contribution in [0.3, 0.4) is 0 Å². The van der Waals surface area contributed by atoms with E-state index in [1.165, 1.54) is 12.1 Å². The van der Waals surface area contributed by atoms with E-state index in [0.29, 0.717) is 17.8 Å². The third-order valence-electron chi connectivity index (χ3n) is 7.54. The smallest absolute Gasteiger partial charge is 0.338 e. The number of carbonyl (C=O) groups is 4. The van der Waals surface area contributed by atoms with Crippen LogP contribution in [0.25, 0.3) is 0 Å². The van der Waals surface area contributed by atoms with E-state index in [4.69, 9.17) is 27.9 Å². The molecule has 3 fully saturated rings. The monoisotopic (exact) mass is 514 g/mol. The first kappa shape index (κ1) is 23.8. The normalized spacial score (nSPS) is 28.9. The van der Waals surface area contributed by atoms with Gasteiger partial charge in [0.25, 0.3) is 5.91 Å². The van der Waals surface area contributed by atoms with Gasteiger partial charge in [0, 0.05) is 5.69 Å². The first-order valence-electron chi connectivity index (χ1n) is 11.5. The fraction of sp³-hybridized carbons (Fsp3) is 0.385. The molecule has 3 aliphatic rings. The lowest BCUT2D eigenvalue weighted by Crippen LogP contribution is -2.37. The zero-order chi connectivity index (χ0) is 25.0. The van der Waals surface area contributed by atoms with E-state index in [1.54, 1.807) is 18.2 Å². The number of aryl methyl sites for hydroxylation is 1. The van der Waals surface area contributed by atoms with E-state index in [1.807, 2.05) is 26.0 Å². The summed E-state index contributed by atoms with van der Waals surface area (Å²) in [4.78, 5) is 52.4. The number of hydrogen-bond acceptors (Lipinski definition) is 5. The van der Waals surface area contributed by atoms with E-state index >= 15 is 0 Å². The fourth-order valence-electron chi connectivity index (χ4n) is 5.66. The van der Waals surface area contributed by atoms with Gasteiger partial charge in [-0.25, -0.2) is 4.79 Å². The van der Waals surface area contributed by atoms with Gasteiger partial charge in [-0.15, -0.1) is 23.2 Å². The standard InChI is InChI=1S/C26H24Cl2N2O5/c1-12-5-3-8-18(13(12)2)29-19(31)11-35-26(34)14-6-4-7-15(9-14)30-24(32)20-16-10-17(21(20)25(30)33)23(28)22(16)27/h3-9,16-17,20-23H,10-11H2,1-2H3,(H,29,31)/t16-,17-,20-,21-,22+,23+/m1/s1. The maximum absolute atomic E-state index is 13.2. The van der Waals surface area contributed by atoms with Crippen LogP contribution in [-0.4, -0.2) is 41.1 Å². The maximum Gasteiger partial charge on any atom is 0.338 e. The second-order valence-electron chi connectivity index (χ2n) is 9.44. The molecule has 7 nitrogen and oxygen atoms in total. The number of benzene rings is 2. The van der Waals surface area contributed by atoms with Crippen LogP contribution in [0, 0.1) is 37.5 Å². The number of fused-ring (bicyclic) bond motifs is 5. The Bertz CT molecular complexity index is 1220. The molecule has 0 spiro atoms. The van der Waals surface area contributed by atoms with Crippen LogP contribution in [-0.2, 0) is 19.1 Å². The van der Waals surface area contributed by atoms with Gasteiger partial charge < -0.3 is 10.1 Å². The number of imide groups is 1. The van der Waals surface area contributed by atoms with Gasteiger partial charge in [-0.05, 0) is 67.5 Å². The third-order valence-corrected chi connectivity index (χ3v) is 8.86. The topological polar surface area (TPSA) is 92.8 Å². The van der Waals surface area contributed by atoms with Gasteiger partial charge in [0.2, 0.25) is 11.8 Å². The quantitative estimate of drug-likeness (QED) is 0.368. The largest absolute Gasteiger partial charge is 0.452 e. The van der Waals surface area contributed by atoms with Gasteiger partial charge in [0.05, 0.1) is 33.8 Å². The Morgan fingerprint density at radius 2 is 1.63 bits per heavy atom. The number of anilines is 2. The van der Waals surface area contributed by atoms with Crippen molar-refractivity contribution in [3.05, 3.63) is 59.2 Å². The highest BCUT2D eigenvalue weighted by molar-refractivity contribution is 6.32. The van der Waals surface area contributed by atoms with Gasteiger partial charge in [-0.2, -0.15) is 0 Å². The molecule has 2 bridgehead atoms. The minimum atomic E-state index is -0.732. The van der Waals surface area contributed by atoms with Gasteiger partial charge in [0.15, 0.2) is 6.61 Å². The highest BCUT2D eigenvalue weighted by Crippen LogP contribution is 2.59. The molecule has 0 aromatic heterocycles. The lowest BCUT2D eigenvalue weighted by Gasteiger charge is -2.28. The summed E-state index contributed by atoms with van der Waals surface area (Å²) >= 11 is 12.8. The zero-order valence-corrected chi connectivity index (χ0v) is 20.7. The zero-order valence-electron chi connectivity index (χ0n) is 19.2. The Balaban J connectivity index is 1.27. The Morgan fingerprint density at radius 1 is 1.00 bits per heavy atom. The lowest BCUT2D eigenvalue weighted by molar-refractivity contribution is -0.123. The van der Waals surface area contributed by atoms with Gasteiger partial charge in [0.1, 0.15) is 0 Å². The number of hydrogen-bond donors (Lipinski definition) is 1. The van der Waals surface area contributed by atoms with Crippen LogP contribution in [0.15, 0.2) is 42.5 Å². The van der Waals surface area contributed by atoms with Crippen molar-refractivity contribution in [1.29, 1.82) is 0 Å². The molecule has 0 unspecified atom stereocenters. The molecule has 1 saturated heterocycles. The minimum absolute atomic E-state index is 0.126. The van der Waals surface area contributed by atoms with Crippen LogP contribution < -0.4 is 10.2 Å². The molecule has 2 aromatic carbocycles. The molecule has 5 rings (SSSR count). The number of amides is 3. The Labute approximate surface area is 212 Å². The van der Waals surface area contributed by atoms with Crippen LogP contribution in [0.2, 0.25) is 0 Å². The summed E-state index contributed by atoms with van der Waals surface area (Å²) in [5, 5.41) is 2.06. The number of nitrogens with one attached hydrogen (secondary N) is 1. The molecule has 1 heterocycles. The van der Waals surface area contributed by atoms with E-state index < -0.39 is 30.3 Å². The van der Waals surface area contributed by atoms with E-state index in [2.05, 4.69) is 5.32 Å². The summed E-state index contributed by atoms with van der Waals surface area (Å²) in [5.74, 6) is -3.02. The molecule has 2 aromatic rings. The summed E-state index contributed by atoms with van der Waals surface area (Å²) in [7, 11) is 0. The van der Waals surface area contributed by atoms with Crippen LogP contribution in [0.1, 0.15) is 27.9 Å². The SMILES string of the molecule is Cc1cccc(NC(=O)COC(=O)c2cccc(N3C(=O)[C@@H]4[C@H]5C[C@@H]([C@H](Cl)[C@H]5Cl)[C@H]4C3=O)c2)c1C. The molecule has 182 valence electrons. The first-order valence-corrected chi connectivity index (χ1v) is 12.4. The minimum Gasteiger partial charge on any atom is -0.452 e. The average molecular weight is 515 g/mol. The molecular weight excluding hydrogens is 491 g/mol. The maximum atomic E-state index is 13.2. The molecule has 1 aliphatic heterocycles. The summed E-state index contributed by atoms with van der Waals surface area (Å²) in [6.07, 6.45) is 0.680. The van der Waals surface area contributed by atoms with E-state index in [-0.39, 0.29) is 40.0 Å². The van der Waals surface area contributed by atoms with Crippen molar-refractivity contribution >= 4 is 58.3 Å². The van der Waals surface area contributed by atoms with Crippen molar-refractivity contribution in [2.75, 3.05) is 16.8 Å². The molecular formula is C26H24Cl2N2O5. The van der Waals surface area contributed by atoms with E-state index in [9.17, 15) is 19.2 Å². The molecule has 2 aliphatic carbocycles. The number of nitrogens with zero attached hydrogens (tertiary/aromatic N) is 1. The molecule has 0 radical (unpaired) electrons. The van der Waals surface area contributed by atoms with Crippen LogP contribution in [0.5, 0.6) is 0 Å². The van der Waals surface area contributed by atoms with Crippen molar-refractivity contribution in [2.24, 2.45) is 23.7 Å². The predicted molar refractivity (Wildman–Crippen MR) is 132 cm³/mol. The lowest BCUT2D eigenvalue weighted by atomic mass is 9.80. The third kappa shape index (κ3) is 3.91. The Kier molecular flexibility index (Phi) is 6.09. The van der Waals surface area contributed by atoms with Gasteiger partial charge in [-0.3, -0.25) is 19.3 Å². The van der Waals surface area contributed by atoms with Crippen molar-refractivity contribution in [1.82, 2.24) is 0 Å². The Morgan fingerprint density at radius 3 is 2.29 bits per heavy atom. The number of ether oxygens (including phenoxy) is 1. The molecule has 35 heavy (non-hydrogen) atoms. The van der Waals surface area contributed by atoms with Gasteiger partial charge >= 0.3 is 5.97 Å². The van der Waals surface area contributed by atoms with Gasteiger partial charge in [-0.1, -0.05) is 18.2 Å². The molecule has 3 amide bonds. The predicted octanol–water partition coefficient (Wildman–Crippen LogP) is 4.07. The average Bonchev–Trinajstić information content (AvgIpc) is 3.45. The summed E-state index contributed by atoms with van der Waals surface area (Å²) in [5.41, 5.74) is 3.03. The molecule has 6 atom stereocenters. The molecule has 2 saturated carbocycles. The first-order chi connectivity index (χ1) is 16.7. The summed E-state index contributed by atoms with van der Waals surface area (Å²) in [6.45, 7) is 3.36. The highest BCUT2D eigenvalue weighted by Gasteiger charge is 2.66. The van der Waals surface area contributed by atoms with E-state index in [0.717, 1.165) is 16.0 Å². The fourth-order valence-corrected chi connectivity index (χ4v) is 6.56. The Hall–Kier alpha value is -2.90. The number of esters is 1. The van der Waals surface area contributed by atoms with Crippen LogP contribution >= 0.6 is 23.2 Å². The second kappa shape index (κ2) is 8.95. The number of halogens is 2. The van der Waals surface area contributed by atoms with Crippen molar-refractivity contribution in [2.45, 2.75) is 31.0 Å². The number of alkyl halides is 2. The second-order valence-corrected chi connectivity index (χ2v) is 10.4. The van der Waals surface area contributed by atoms with Crippen molar-refractivity contribution in [3.63, 3.8) is 0 Å². The molecule has 1 N–H and O–H groups in total. The number of rotatable bonds is 5. The van der Waals surface area contributed by atoms with Crippen LogP contribution in [0.4, 0.5) is 11.4 Å².